The van der Waals surface area contributed by atoms with E-state index in [0.29, 0.717) is 0 Å². The standard InChI is InChI=1S/C26H25F3N4O4S/c1-32(2)20-5-3-4-13-8-15(6-7-16(13)20)38-26-25(36)23(24(35)21(12-34)37-26)33-11-19(30-31-33)14-9-17(27)22(29)18(28)10-14/h3-11,21,23-26,34-36H,12H2,1-2H3/t21?,23-,24-,25?,26+/m0/s1. The second-order valence-electron chi connectivity index (χ2n) is 9.21. The Morgan fingerprint density at radius 2 is 1.76 bits per heavy atom. The molecular formula is C26H25F3N4O4S. The Morgan fingerprint density at radius 3 is 2.45 bits per heavy atom. The van der Waals surface area contributed by atoms with Crippen molar-refractivity contribution in [2.75, 3.05) is 25.6 Å². The molecule has 1 fully saturated rings. The molecule has 0 radical (unpaired) electrons. The van der Waals surface area contributed by atoms with Crippen LogP contribution in [0.3, 0.4) is 0 Å². The van der Waals surface area contributed by atoms with E-state index in [1.807, 2.05) is 55.4 Å². The fraction of sp³-hybridized carbons (Fsp3) is 0.308. The van der Waals surface area contributed by atoms with E-state index in [2.05, 4.69) is 10.3 Å². The molecule has 1 aliphatic heterocycles. The zero-order valence-corrected chi connectivity index (χ0v) is 21.2. The van der Waals surface area contributed by atoms with Crippen molar-refractivity contribution >= 4 is 28.2 Å². The maximum absolute atomic E-state index is 13.7. The van der Waals surface area contributed by atoms with E-state index in [-0.39, 0.29) is 11.3 Å². The molecule has 38 heavy (non-hydrogen) atoms. The Morgan fingerprint density at radius 1 is 1.03 bits per heavy atom. The third-order valence-electron chi connectivity index (χ3n) is 6.51. The van der Waals surface area contributed by atoms with Crippen molar-refractivity contribution in [2.45, 2.75) is 34.7 Å². The maximum atomic E-state index is 13.7. The van der Waals surface area contributed by atoms with Gasteiger partial charge >= 0.3 is 0 Å². The fourth-order valence-electron chi connectivity index (χ4n) is 4.58. The molecule has 0 bridgehead atoms. The summed E-state index contributed by atoms with van der Waals surface area (Å²) < 4.78 is 47.8. The monoisotopic (exact) mass is 546 g/mol. The smallest absolute Gasteiger partial charge is 0.194 e. The van der Waals surface area contributed by atoms with E-state index in [0.717, 1.165) is 38.2 Å². The van der Waals surface area contributed by atoms with E-state index in [4.69, 9.17) is 4.74 Å². The van der Waals surface area contributed by atoms with Crippen LogP contribution in [0.2, 0.25) is 0 Å². The van der Waals surface area contributed by atoms with Crippen molar-refractivity contribution in [2.24, 2.45) is 0 Å². The largest absolute Gasteiger partial charge is 0.394 e. The summed E-state index contributed by atoms with van der Waals surface area (Å²) in [6.45, 7) is -0.526. The molecular weight excluding hydrogens is 521 g/mol. The third kappa shape index (κ3) is 4.85. The van der Waals surface area contributed by atoms with E-state index < -0.39 is 53.8 Å². The van der Waals surface area contributed by atoms with Gasteiger partial charge in [0.05, 0.1) is 12.8 Å². The number of hydrogen-bond donors (Lipinski definition) is 3. The first kappa shape index (κ1) is 26.4. The third-order valence-corrected chi connectivity index (χ3v) is 7.66. The SMILES string of the molecule is CN(C)c1cccc2cc(S[C@H]3OC(CO)[C@H](O)[C@H](n4cc(-c5cc(F)c(F)c(F)c5)nn4)C3O)ccc12. The number of nitrogens with zero attached hydrogens (tertiary/aromatic N) is 4. The molecule has 3 aromatic carbocycles. The average molecular weight is 547 g/mol. The zero-order chi connectivity index (χ0) is 27.1. The lowest BCUT2D eigenvalue weighted by molar-refractivity contribution is -0.178. The predicted octanol–water partition coefficient (Wildman–Crippen LogP) is 3.35. The normalized spacial score (nSPS) is 23.6. The Labute approximate surface area is 220 Å². The van der Waals surface area contributed by atoms with Gasteiger partial charge in [-0.3, -0.25) is 0 Å². The second-order valence-corrected chi connectivity index (χ2v) is 10.4. The van der Waals surface area contributed by atoms with Gasteiger partial charge in [-0.2, -0.15) is 0 Å². The van der Waals surface area contributed by atoms with Crippen LogP contribution in [0.4, 0.5) is 18.9 Å². The molecule has 200 valence electrons. The van der Waals surface area contributed by atoms with E-state index in [9.17, 15) is 28.5 Å². The van der Waals surface area contributed by atoms with Gasteiger partial charge < -0.3 is 25.0 Å². The van der Waals surface area contributed by atoms with Gasteiger partial charge in [-0.25, -0.2) is 17.9 Å². The minimum atomic E-state index is -1.60. The van der Waals surface area contributed by atoms with Gasteiger partial charge in [0.15, 0.2) is 17.5 Å². The van der Waals surface area contributed by atoms with Crippen molar-refractivity contribution in [1.82, 2.24) is 15.0 Å². The highest BCUT2D eigenvalue weighted by molar-refractivity contribution is 7.99. The Bertz CT molecular complexity index is 1450. The summed E-state index contributed by atoms with van der Waals surface area (Å²) >= 11 is 1.22. The highest BCUT2D eigenvalue weighted by atomic mass is 32.2. The van der Waals surface area contributed by atoms with Gasteiger partial charge in [0.2, 0.25) is 0 Å². The van der Waals surface area contributed by atoms with Gasteiger partial charge in [0, 0.05) is 35.6 Å². The molecule has 1 aromatic heterocycles. The van der Waals surface area contributed by atoms with Crippen LogP contribution < -0.4 is 4.90 Å². The summed E-state index contributed by atoms with van der Waals surface area (Å²) in [5.74, 6) is -4.37. The van der Waals surface area contributed by atoms with Crippen molar-refractivity contribution in [3.8, 4) is 11.3 Å². The number of aromatic nitrogens is 3. The molecule has 12 heteroatoms. The number of aliphatic hydroxyl groups is 3. The minimum absolute atomic E-state index is 0.00432. The van der Waals surface area contributed by atoms with Crippen LogP contribution in [0.25, 0.3) is 22.0 Å². The molecule has 0 amide bonds. The summed E-state index contributed by atoms with van der Waals surface area (Å²) in [6.07, 6.45) is -2.45. The summed E-state index contributed by atoms with van der Waals surface area (Å²) in [4.78, 5) is 2.81. The van der Waals surface area contributed by atoms with Crippen LogP contribution in [-0.2, 0) is 4.74 Å². The lowest BCUT2D eigenvalue weighted by atomic mass is 9.97. The number of fused-ring (bicyclic) bond motifs is 1. The van der Waals surface area contributed by atoms with Crippen LogP contribution in [0.1, 0.15) is 6.04 Å². The van der Waals surface area contributed by atoms with Crippen LogP contribution in [-0.4, -0.2) is 74.8 Å². The van der Waals surface area contributed by atoms with Crippen LogP contribution in [0.15, 0.2) is 59.6 Å². The summed E-state index contributed by atoms with van der Waals surface area (Å²) in [5.41, 5.74) is 0.0917. The van der Waals surface area contributed by atoms with Crippen LogP contribution >= 0.6 is 11.8 Å². The molecule has 3 N–H and O–H groups in total. The predicted molar refractivity (Wildman–Crippen MR) is 136 cm³/mol. The maximum Gasteiger partial charge on any atom is 0.194 e. The number of thioether (sulfide) groups is 1. The van der Waals surface area contributed by atoms with E-state index >= 15 is 0 Å². The van der Waals surface area contributed by atoms with E-state index in [1.54, 1.807) is 0 Å². The molecule has 0 saturated carbocycles. The number of benzene rings is 3. The first-order valence-corrected chi connectivity index (χ1v) is 12.6. The molecule has 0 aliphatic carbocycles. The minimum Gasteiger partial charge on any atom is -0.394 e. The van der Waals surface area contributed by atoms with E-state index in [1.165, 1.54) is 18.0 Å². The molecule has 4 aromatic rings. The number of rotatable bonds is 6. The summed E-state index contributed by atoms with van der Waals surface area (Å²) in [6, 6.07) is 12.2. The second kappa shape index (κ2) is 10.5. The lowest BCUT2D eigenvalue weighted by Crippen LogP contribution is -2.55. The fourth-order valence-corrected chi connectivity index (χ4v) is 5.69. The van der Waals surface area contributed by atoms with Crippen molar-refractivity contribution in [3.05, 3.63) is 72.2 Å². The van der Waals surface area contributed by atoms with Crippen molar-refractivity contribution < 1.29 is 33.2 Å². The van der Waals surface area contributed by atoms with Gasteiger partial charge in [0.25, 0.3) is 0 Å². The van der Waals surface area contributed by atoms with Gasteiger partial charge in [-0.1, -0.05) is 35.2 Å². The summed E-state index contributed by atoms with van der Waals surface area (Å²) in [7, 11) is 3.92. The van der Waals surface area contributed by atoms with Crippen LogP contribution in [0.5, 0.6) is 0 Å². The van der Waals surface area contributed by atoms with Crippen molar-refractivity contribution in [1.29, 1.82) is 0 Å². The highest BCUT2D eigenvalue weighted by Crippen LogP contribution is 2.39. The van der Waals surface area contributed by atoms with Gasteiger partial charge in [0.1, 0.15) is 35.5 Å². The van der Waals surface area contributed by atoms with Gasteiger partial charge in [-0.15, -0.1) is 5.10 Å². The number of hydrogen-bond acceptors (Lipinski definition) is 8. The average Bonchev–Trinajstić information content (AvgIpc) is 3.38. The molecule has 5 rings (SSSR count). The lowest BCUT2D eigenvalue weighted by Gasteiger charge is -2.41. The molecule has 2 heterocycles. The Balaban J connectivity index is 1.43. The quantitative estimate of drug-likeness (QED) is 0.317. The highest BCUT2D eigenvalue weighted by Gasteiger charge is 2.46. The Kier molecular flexibility index (Phi) is 7.34. The number of halogens is 3. The molecule has 1 aliphatic rings. The zero-order valence-electron chi connectivity index (χ0n) is 20.4. The first-order chi connectivity index (χ1) is 18.2. The number of anilines is 1. The Hall–Kier alpha value is -3.16. The molecule has 1 saturated heterocycles. The molecule has 5 atom stereocenters. The molecule has 2 unspecified atom stereocenters. The topological polar surface area (TPSA) is 104 Å². The number of ether oxygens (including phenoxy) is 1. The van der Waals surface area contributed by atoms with Crippen LogP contribution in [0, 0.1) is 17.5 Å². The van der Waals surface area contributed by atoms with Crippen molar-refractivity contribution in [3.63, 3.8) is 0 Å². The molecule has 8 nitrogen and oxygen atoms in total. The number of aliphatic hydroxyl groups excluding tert-OH is 3. The first-order valence-electron chi connectivity index (χ1n) is 11.7. The van der Waals surface area contributed by atoms with Gasteiger partial charge in [-0.05, 0) is 35.7 Å². The summed E-state index contributed by atoms with van der Waals surface area (Å²) in [5, 5.41) is 41.8. The molecule has 0 spiro atoms.